The fourth-order valence-corrected chi connectivity index (χ4v) is 3.25. The van der Waals surface area contributed by atoms with Gasteiger partial charge in [0.25, 0.3) is 11.8 Å². The van der Waals surface area contributed by atoms with Gasteiger partial charge in [-0.05, 0) is 44.2 Å². The predicted octanol–water partition coefficient (Wildman–Crippen LogP) is 2.73. The Morgan fingerprint density at radius 1 is 1.04 bits per heavy atom. The maximum Gasteiger partial charge on any atom is 0.274 e. The van der Waals surface area contributed by atoms with Crippen LogP contribution in [0.25, 0.3) is 0 Å². The van der Waals surface area contributed by atoms with Gasteiger partial charge in [0.05, 0.1) is 0 Å². The number of nitrogens with zero attached hydrogens (tertiary/aromatic N) is 3. The number of amides is 2. The van der Waals surface area contributed by atoms with Gasteiger partial charge < -0.3 is 15.1 Å². The van der Waals surface area contributed by atoms with Crippen molar-refractivity contribution in [1.82, 2.24) is 14.8 Å². The van der Waals surface area contributed by atoms with Crippen LogP contribution in [0, 0.1) is 13.8 Å². The summed E-state index contributed by atoms with van der Waals surface area (Å²) in [6, 6.07) is 10.8. The van der Waals surface area contributed by atoms with Crippen molar-refractivity contribution in [2.24, 2.45) is 0 Å². The van der Waals surface area contributed by atoms with E-state index in [9.17, 15) is 9.59 Å². The maximum absolute atomic E-state index is 12.7. The van der Waals surface area contributed by atoms with Crippen LogP contribution in [0.5, 0.6) is 0 Å². The van der Waals surface area contributed by atoms with Gasteiger partial charge in [0, 0.05) is 31.9 Å². The van der Waals surface area contributed by atoms with Gasteiger partial charge in [0.1, 0.15) is 11.4 Å². The molecule has 0 radical (unpaired) electrons. The van der Waals surface area contributed by atoms with E-state index in [-0.39, 0.29) is 17.5 Å². The highest BCUT2D eigenvalue weighted by atomic mass is 16.2. The largest absolute Gasteiger partial charge is 0.335 e. The van der Waals surface area contributed by atoms with Crippen molar-refractivity contribution >= 4 is 17.5 Å². The van der Waals surface area contributed by atoms with E-state index in [1.54, 1.807) is 23.1 Å². The Bertz CT molecular complexity index is 842. The van der Waals surface area contributed by atoms with Crippen molar-refractivity contribution in [2.75, 3.05) is 38.0 Å². The number of rotatable bonds is 4. The fourth-order valence-electron chi connectivity index (χ4n) is 3.25. The molecule has 0 bridgehead atoms. The van der Waals surface area contributed by atoms with E-state index >= 15 is 0 Å². The van der Waals surface area contributed by atoms with Gasteiger partial charge in [-0.25, -0.2) is 4.98 Å². The van der Waals surface area contributed by atoms with Crippen LogP contribution in [-0.2, 0) is 0 Å². The molecule has 1 aromatic carbocycles. The number of aromatic nitrogens is 1. The Balaban J connectivity index is 1.71. The minimum Gasteiger partial charge on any atom is -0.335 e. The number of hydrogen-bond acceptors (Lipinski definition) is 4. The van der Waals surface area contributed by atoms with Crippen LogP contribution in [0.2, 0.25) is 0 Å². The topological polar surface area (TPSA) is 65.5 Å². The van der Waals surface area contributed by atoms with Gasteiger partial charge in [-0.15, -0.1) is 0 Å². The van der Waals surface area contributed by atoms with Crippen LogP contribution in [0.1, 0.15) is 39.0 Å². The van der Waals surface area contributed by atoms with Gasteiger partial charge in [0.2, 0.25) is 0 Å². The molecular formula is C21H26N4O2. The number of nitrogens with one attached hydrogen (secondary N) is 1. The summed E-state index contributed by atoms with van der Waals surface area (Å²) >= 11 is 0. The summed E-state index contributed by atoms with van der Waals surface area (Å²) in [5.41, 5.74) is 3.44. The van der Waals surface area contributed by atoms with Gasteiger partial charge in [-0.2, -0.15) is 0 Å². The molecule has 1 saturated heterocycles. The summed E-state index contributed by atoms with van der Waals surface area (Å²) < 4.78 is 0. The van der Waals surface area contributed by atoms with Gasteiger partial charge in [0.15, 0.2) is 0 Å². The SMILES string of the molecule is CCN1CCN(C(=O)c2cccc(C(=O)Nc3ccc(C)cc3C)n2)CC1. The van der Waals surface area contributed by atoms with Crippen molar-refractivity contribution in [3.8, 4) is 0 Å². The molecule has 0 unspecified atom stereocenters. The number of carbonyl (C=O) groups excluding carboxylic acids is 2. The smallest absolute Gasteiger partial charge is 0.274 e. The summed E-state index contributed by atoms with van der Waals surface area (Å²) in [6.45, 7) is 10.2. The highest BCUT2D eigenvalue weighted by Gasteiger charge is 2.23. The number of carbonyl (C=O) groups is 2. The second kappa shape index (κ2) is 8.31. The molecule has 1 fully saturated rings. The van der Waals surface area contributed by atoms with Gasteiger partial charge in [-0.3, -0.25) is 9.59 Å². The van der Waals surface area contributed by atoms with Crippen molar-refractivity contribution < 1.29 is 9.59 Å². The van der Waals surface area contributed by atoms with Crippen LogP contribution in [-0.4, -0.2) is 59.3 Å². The summed E-state index contributed by atoms with van der Waals surface area (Å²) in [5.74, 6) is -0.431. The Kier molecular flexibility index (Phi) is 5.86. The number of piperazine rings is 1. The minimum absolute atomic E-state index is 0.119. The summed E-state index contributed by atoms with van der Waals surface area (Å²) in [7, 11) is 0. The molecule has 27 heavy (non-hydrogen) atoms. The molecule has 0 saturated carbocycles. The molecule has 0 spiro atoms. The first kappa shape index (κ1) is 19.0. The standard InChI is InChI=1S/C21H26N4O2/c1-4-24-10-12-25(13-11-24)21(27)19-7-5-6-18(22-19)20(26)23-17-9-8-15(2)14-16(17)3/h5-9,14H,4,10-13H2,1-3H3,(H,23,26). The monoisotopic (exact) mass is 366 g/mol. The molecule has 0 aliphatic carbocycles. The molecule has 0 atom stereocenters. The lowest BCUT2D eigenvalue weighted by atomic mass is 10.1. The average Bonchev–Trinajstić information content (AvgIpc) is 2.69. The van der Waals surface area contributed by atoms with Crippen molar-refractivity contribution in [3.05, 3.63) is 58.9 Å². The van der Waals surface area contributed by atoms with E-state index in [1.807, 2.05) is 32.0 Å². The van der Waals surface area contributed by atoms with Crippen LogP contribution in [0.4, 0.5) is 5.69 Å². The number of aryl methyl sites for hydroxylation is 2. The van der Waals surface area contributed by atoms with E-state index < -0.39 is 0 Å². The zero-order valence-corrected chi connectivity index (χ0v) is 16.2. The van der Waals surface area contributed by atoms with Crippen LogP contribution < -0.4 is 5.32 Å². The average molecular weight is 366 g/mol. The Morgan fingerprint density at radius 3 is 2.41 bits per heavy atom. The third-order valence-electron chi connectivity index (χ3n) is 4.94. The number of hydrogen-bond donors (Lipinski definition) is 1. The van der Waals surface area contributed by atoms with Crippen LogP contribution >= 0.6 is 0 Å². The Labute approximate surface area is 160 Å². The number of pyridine rings is 1. The molecule has 3 rings (SSSR count). The van der Waals surface area contributed by atoms with E-state index in [0.29, 0.717) is 18.8 Å². The highest BCUT2D eigenvalue weighted by molar-refractivity contribution is 6.04. The molecule has 1 N–H and O–H groups in total. The fraction of sp³-hybridized carbons (Fsp3) is 0.381. The molecule has 142 valence electrons. The van der Waals surface area contributed by atoms with E-state index in [2.05, 4.69) is 22.1 Å². The van der Waals surface area contributed by atoms with Gasteiger partial charge in [-0.1, -0.05) is 30.7 Å². The zero-order chi connectivity index (χ0) is 19.4. The first-order chi connectivity index (χ1) is 13.0. The minimum atomic E-state index is -0.313. The van der Waals surface area contributed by atoms with Crippen LogP contribution in [0.15, 0.2) is 36.4 Å². The zero-order valence-electron chi connectivity index (χ0n) is 16.2. The lowest BCUT2D eigenvalue weighted by molar-refractivity contribution is 0.0637. The molecule has 1 aromatic heterocycles. The highest BCUT2D eigenvalue weighted by Crippen LogP contribution is 2.17. The molecule has 1 aliphatic rings. The van der Waals surface area contributed by atoms with Crippen molar-refractivity contribution in [3.63, 3.8) is 0 Å². The van der Waals surface area contributed by atoms with Crippen molar-refractivity contribution in [1.29, 1.82) is 0 Å². The lowest BCUT2D eigenvalue weighted by Gasteiger charge is -2.33. The third-order valence-corrected chi connectivity index (χ3v) is 4.94. The number of anilines is 1. The van der Waals surface area contributed by atoms with Gasteiger partial charge >= 0.3 is 0 Å². The van der Waals surface area contributed by atoms with E-state index in [4.69, 9.17) is 0 Å². The first-order valence-corrected chi connectivity index (χ1v) is 9.35. The van der Waals surface area contributed by atoms with Crippen molar-refractivity contribution in [2.45, 2.75) is 20.8 Å². The summed E-state index contributed by atoms with van der Waals surface area (Å²) in [5, 5.41) is 2.88. The Hall–Kier alpha value is -2.73. The second-order valence-electron chi connectivity index (χ2n) is 6.91. The summed E-state index contributed by atoms with van der Waals surface area (Å²) in [6.07, 6.45) is 0. The lowest BCUT2D eigenvalue weighted by Crippen LogP contribution is -2.48. The molecular weight excluding hydrogens is 340 g/mol. The molecule has 2 aromatic rings. The number of benzene rings is 1. The first-order valence-electron chi connectivity index (χ1n) is 9.35. The number of likely N-dealkylation sites (N-methyl/N-ethyl adjacent to an activating group) is 1. The normalized spacial score (nSPS) is 14.9. The van der Waals surface area contributed by atoms with E-state index in [0.717, 1.165) is 36.4 Å². The van der Waals surface area contributed by atoms with E-state index in [1.165, 1.54) is 0 Å². The summed E-state index contributed by atoms with van der Waals surface area (Å²) in [4.78, 5) is 33.7. The quantitative estimate of drug-likeness (QED) is 0.904. The second-order valence-corrected chi connectivity index (χ2v) is 6.91. The molecule has 2 heterocycles. The predicted molar refractivity (Wildman–Crippen MR) is 106 cm³/mol. The maximum atomic E-state index is 12.7. The molecule has 6 heteroatoms. The molecule has 6 nitrogen and oxygen atoms in total. The van der Waals surface area contributed by atoms with Crippen LogP contribution in [0.3, 0.4) is 0 Å². The molecule has 2 amide bonds. The Morgan fingerprint density at radius 2 is 1.74 bits per heavy atom. The third kappa shape index (κ3) is 4.52. The molecule has 1 aliphatic heterocycles.